The number of alkyl halides is 2. The second-order valence-electron chi connectivity index (χ2n) is 4.03. The van der Waals surface area contributed by atoms with E-state index in [0.29, 0.717) is 0 Å². The van der Waals surface area contributed by atoms with Gasteiger partial charge in [-0.05, 0) is 24.0 Å². The first kappa shape index (κ1) is 11.8. The van der Waals surface area contributed by atoms with Crippen LogP contribution in [0.25, 0.3) is 0 Å². The van der Waals surface area contributed by atoms with Crippen LogP contribution >= 0.6 is 0 Å². The Morgan fingerprint density at radius 3 is 2.12 bits per heavy atom. The smallest absolute Gasteiger partial charge is 0.205 e. The molecule has 0 N–H and O–H groups in total. The summed E-state index contributed by atoms with van der Waals surface area (Å²) < 4.78 is 25.0. The first-order valence-corrected chi connectivity index (χ1v) is 5.66. The quantitative estimate of drug-likeness (QED) is 0.732. The molecule has 0 unspecified atom stereocenters. The summed E-state index contributed by atoms with van der Waals surface area (Å²) in [6, 6.07) is 16.7. The van der Waals surface area contributed by atoms with Gasteiger partial charge >= 0.3 is 0 Å². The molecular weight excluding hydrogens is 218 g/mol. The lowest BCUT2D eigenvalue weighted by molar-refractivity contribution is 0.151. The SMILES string of the molecule is FC(F)c1cccc(CCc2ccccc2)c1. The first-order valence-electron chi connectivity index (χ1n) is 5.66. The minimum Gasteiger partial charge on any atom is -0.205 e. The van der Waals surface area contributed by atoms with Gasteiger partial charge in [-0.2, -0.15) is 0 Å². The zero-order valence-electron chi connectivity index (χ0n) is 9.44. The average Bonchev–Trinajstić information content (AvgIpc) is 2.38. The standard InChI is InChI=1S/C15H14F2/c16-15(17)14-8-4-7-13(11-14)10-9-12-5-2-1-3-6-12/h1-8,11,15H,9-10H2. The van der Waals surface area contributed by atoms with Crippen LogP contribution in [0.4, 0.5) is 8.78 Å². The van der Waals surface area contributed by atoms with Gasteiger partial charge in [0.05, 0.1) is 0 Å². The van der Waals surface area contributed by atoms with Crippen LogP contribution in [0.15, 0.2) is 54.6 Å². The second-order valence-corrected chi connectivity index (χ2v) is 4.03. The topological polar surface area (TPSA) is 0 Å². The van der Waals surface area contributed by atoms with Gasteiger partial charge in [0.1, 0.15) is 0 Å². The van der Waals surface area contributed by atoms with Crippen LogP contribution in [0.1, 0.15) is 23.1 Å². The molecule has 2 aromatic rings. The summed E-state index contributed by atoms with van der Waals surface area (Å²) in [7, 11) is 0. The fourth-order valence-corrected chi connectivity index (χ4v) is 1.82. The molecule has 0 aliphatic heterocycles. The highest BCUT2D eigenvalue weighted by Gasteiger charge is 2.06. The van der Waals surface area contributed by atoms with E-state index in [0.717, 1.165) is 18.4 Å². The van der Waals surface area contributed by atoms with E-state index >= 15 is 0 Å². The largest absolute Gasteiger partial charge is 0.263 e. The zero-order chi connectivity index (χ0) is 12.1. The van der Waals surface area contributed by atoms with Gasteiger partial charge in [-0.15, -0.1) is 0 Å². The molecule has 0 aliphatic carbocycles. The minimum atomic E-state index is -2.38. The van der Waals surface area contributed by atoms with Crippen LogP contribution in [0.3, 0.4) is 0 Å². The highest BCUT2D eigenvalue weighted by Crippen LogP contribution is 2.20. The number of hydrogen-bond acceptors (Lipinski definition) is 0. The first-order chi connectivity index (χ1) is 8.25. The van der Waals surface area contributed by atoms with Gasteiger partial charge in [0, 0.05) is 5.56 Å². The summed E-state index contributed by atoms with van der Waals surface area (Å²) in [5.74, 6) is 0. The van der Waals surface area contributed by atoms with E-state index in [4.69, 9.17) is 0 Å². The highest BCUT2D eigenvalue weighted by atomic mass is 19.3. The summed E-state index contributed by atoms with van der Waals surface area (Å²) in [6.45, 7) is 0. The summed E-state index contributed by atoms with van der Waals surface area (Å²) in [5, 5.41) is 0. The molecule has 88 valence electrons. The molecule has 0 spiro atoms. The summed E-state index contributed by atoms with van der Waals surface area (Å²) in [6.07, 6.45) is -0.704. The van der Waals surface area contributed by atoms with Gasteiger partial charge in [-0.1, -0.05) is 54.6 Å². The predicted molar refractivity (Wildman–Crippen MR) is 65.2 cm³/mol. The summed E-state index contributed by atoms with van der Waals surface area (Å²) >= 11 is 0. The highest BCUT2D eigenvalue weighted by molar-refractivity contribution is 5.25. The zero-order valence-corrected chi connectivity index (χ0v) is 9.44. The molecule has 17 heavy (non-hydrogen) atoms. The van der Waals surface area contributed by atoms with Gasteiger partial charge in [0.2, 0.25) is 0 Å². The van der Waals surface area contributed by atoms with Crippen LogP contribution in [0.2, 0.25) is 0 Å². The van der Waals surface area contributed by atoms with Crippen LogP contribution in [0, 0.1) is 0 Å². The van der Waals surface area contributed by atoms with E-state index in [-0.39, 0.29) is 5.56 Å². The fourth-order valence-electron chi connectivity index (χ4n) is 1.82. The Bertz CT molecular complexity index is 463. The lowest BCUT2D eigenvalue weighted by atomic mass is 10.0. The number of halogens is 2. The van der Waals surface area contributed by atoms with Gasteiger partial charge in [-0.25, -0.2) is 8.78 Å². The Morgan fingerprint density at radius 1 is 0.765 bits per heavy atom. The normalized spacial score (nSPS) is 10.8. The van der Waals surface area contributed by atoms with Crippen molar-refractivity contribution in [3.8, 4) is 0 Å². The average molecular weight is 232 g/mol. The third kappa shape index (κ3) is 3.38. The Balaban J connectivity index is 2.02. The van der Waals surface area contributed by atoms with Crippen molar-refractivity contribution in [2.45, 2.75) is 19.3 Å². The van der Waals surface area contributed by atoms with Gasteiger partial charge in [0.25, 0.3) is 6.43 Å². The van der Waals surface area contributed by atoms with E-state index in [9.17, 15) is 8.78 Å². The van der Waals surface area contributed by atoms with Crippen LogP contribution in [-0.2, 0) is 12.8 Å². The molecule has 2 aromatic carbocycles. The molecule has 0 aliphatic rings. The molecule has 2 heteroatoms. The lowest BCUT2D eigenvalue weighted by Gasteiger charge is -2.05. The van der Waals surface area contributed by atoms with E-state index in [1.807, 2.05) is 24.3 Å². The number of hydrogen-bond donors (Lipinski definition) is 0. The summed E-state index contributed by atoms with van der Waals surface area (Å²) in [4.78, 5) is 0. The minimum absolute atomic E-state index is 0.107. The van der Waals surface area contributed by atoms with Crippen molar-refractivity contribution < 1.29 is 8.78 Å². The maximum Gasteiger partial charge on any atom is 0.263 e. The Labute approximate surface area is 99.9 Å². The number of benzene rings is 2. The molecule has 0 fully saturated rings. The molecule has 0 radical (unpaired) electrons. The molecule has 0 aromatic heterocycles. The number of rotatable bonds is 4. The molecule has 0 saturated heterocycles. The Morgan fingerprint density at radius 2 is 1.41 bits per heavy atom. The van der Waals surface area contributed by atoms with Crippen molar-refractivity contribution in [3.63, 3.8) is 0 Å². The van der Waals surface area contributed by atoms with Crippen LogP contribution < -0.4 is 0 Å². The van der Waals surface area contributed by atoms with E-state index in [1.165, 1.54) is 11.6 Å². The summed E-state index contributed by atoms with van der Waals surface area (Å²) in [5.41, 5.74) is 2.30. The van der Waals surface area contributed by atoms with Gasteiger partial charge in [-0.3, -0.25) is 0 Å². The maximum absolute atomic E-state index is 12.5. The van der Waals surface area contributed by atoms with E-state index in [1.54, 1.807) is 12.1 Å². The van der Waals surface area contributed by atoms with Gasteiger partial charge in [0.15, 0.2) is 0 Å². The second kappa shape index (κ2) is 5.58. The lowest BCUT2D eigenvalue weighted by Crippen LogP contribution is -1.93. The Hall–Kier alpha value is -1.70. The van der Waals surface area contributed by atoms with Crippen molar-refractivity contribution in [1.82, 2.24) is 0 Å². The molecule has 2 rings (SSSR count). The molecule has 0 nitrogen and oxygen atoms in total. The molecular formula is C15H14F2. The molecule has 0 saturated carbocycles. The Kier molecular flexibility index (Phi) is 3.86. The van der Waals surface area contributed by atoms with Crippen molar-refractivity contribution in [2.24, 2.45) is 0 Å². The molecule has 0 atom stereocenters. The van der Waals surface area contributed by atoms with Crippen molar-refractivity contribution in [1.29, 1.82) is 0 Å². The van der Waals surface area contributed by atoms with Crippen LogP contribution in [-0.4, -0.2) is 0 Å². The van der Waals surface area contributed by atoms with Crippen molar-refractivity contribution in [3.05, 3.63) is 71.3 Å². The van der Waals surface area contributed by atoms with Crippen LogP contribution in [0.5, 0.6) is 0 Å². The predicted octanol–water partition coefficient (Wildman–Crippen LogP) is 4.41. The van der Waals surface area contributed by atoms with E-state index < -0.39 is 6.43 Å². The third-order valence-corrected chi connectivity index (χ3v) is 2.75. The number of aryl methyl sites for hydroxylation is 2. The van der Waals surface area contributed by atoms with E-state index in [2.05, 4.69) is 12.1 Å². The maximum atomic E-state index is 12.5. The van der Waals surface area contributed by atoms with Gasteiger partial charge < -0.3 is 0 Å². The monoisotopic (exact) mass is 232 g/mol. The fraction of sp³-hybridized carbons (Fsp3) is 0.200. The molecule has 0 amide bonds. The van der Waals surface area contributed by atoms with Crippen molar-refractivity contribution >= 4 is 0 Å². The third-order valence-electron chi connectivity index (χ3n) is 2.75. The molecule has 0 bridgehead atoms. The molecule has 0 heterocycles. The van der Waals surface area contributed by atoms with Crippen molar-refractivity contribution in [2.75, 3.05) is 0 Å².